The summed E-state index contributed by atoms with van der Waals surface area (Å²) in [6.45, 7) is 1.94. The zero-order valence-corrected chi connectivity index (χ0v) is 22.3. The number of halogens is 3. The molecule has 0 aliphatic carbocycles. The Balaban J connectivity index is 1.08. The fourth-order valence-corrected chi connectivity index (χ4v) is 5.90. The zero-order chi connectivity index (χ0) is 27.1. The number of rotatable bonds is 9. The van der Waals surface area contributed by atoms with Gasteiger partial charge >= 0.3 is 0 Å². The smallest absolute Gasteiger partial charge is 0.296 e. The van der Waals surface area contributed by atoms with Crippen LogP contribution in [0.3, 0.4) is 0 Å². The molecule has 1 unspecified atom stereocenters. The number of aliphatic hydroxyl groups excluding tert-OH is 1. The molecule has 0 radical (unpaired) electrons. The van der Waals surface area contributed by atoms with Gasteiger partial charge in [0, 0.05) is 23.7 Å². The fourth-order valence-electron chi connectivity index (χ4n) is 5.65. The van der Waals surface area contributed by atoms with Crippen molar-refractivity contribution in [1.82, 2.24) is 19.9 Å². The van der Waals surface area contributed by atoms with Crippen molar-refractivity contribution in [3.05, 3.63) is 46.1 Å². The van der Waals surface area contributed by atoms with Crippen molar-refractivity contribution in [3.63, 3.8) is 0 Å². The second-order valence-electron chi connectivity index (χ2n) is 10.4. The topological polar surface area (TPSA) is 102 Å². The van der Waals surface area contributed by atoms with Crippen LogP contribution in [0.4, 0.5) is 8.78 Å². The van der Waals surface area contributed by atoms with Crippen LogP contribution in [-0.4, -0.2) is 88.8 Å². The molecule has 12 heteroatoms. The van der Waals surface area contributed by atoms with Gasteiger partial charge in [0.15, 0.2) is 11.8 Å². The van der Waals surface area contributed by atoms with Gasteiger partial charge in [-0.05, 0) is 51.8 Å². The van der Waals surface area contributed by atoms with Crippen molar-refractivity contribution in [3.8, 4) is 11.8 Å². The summed E-state index contributed by atoms with van der Waals surface area (Å²) in [4.78, 5) is 14.2. The first kappa shape index (κ1) is 26.6. The minimum atomic E-state index is -0.676. The van der Waals surface area contributed by atoms with Crippen molar-refractivity contribution >= 4 is 22.8 Å². The van der Waals surface area contributed by atoms with Gasteiger partial charge in [0.1, 0.15) is 35.7 Å². The molecule has 5 atom stereocenters. The maximum Gasteiger partial charge on any atom is 0.296 e. The predicted molar refractivity (Wildman–Crippen MR) is 138 cm³/mol. The van der Waals surface area contributed by atoms with E-state index in [-0.39, 0.29) is 49.5 Å². The number of aryl methyl sites for hydroxylation is 1. The largest absolute Gasteiger partial charge is 0.493 e. The Hall–Kier alpha value is -2.57. The minimum absolute atomic E-state index is 0.0450. The lowest BCUT2D eigenvalue weighted by Gasteiger charge is -2.19. The average Bonchev–Trinajstić information content (AvgIpc) is 3.66. The van der Waals surface area contributed by atoms with Crippen LogP contribution in [0.15, 0.2) is 18.2 Å². The number of H-pyrrole nitrogens is 1. The lowest BCUT2D eigenvalue weighted by molar-refractivity contribution is 0.00706. The van der Waals surface area contributed by atoms with Crippen LogP contribution in [0.25, 0.3) is 11.2 Å². The van der Waals surface area contributed by atoms with E-state index < -0.39 is 29.9 Å². The molecule has 210 valence electrons. The average molecular weight is 565 g/mol. The fraction of sp³-hybridized carbons (Fsp3) is 0.556. The van der Waals surface area contributed by atoms with Crippen molar-refractivity contribution in [1.29, 1.82) is 0 Å². The van der Waals surface area contributed by atoms with Crippen LogP contribution in [0.1, 0.15) is 30.5 Å². The van der Waals surface area contributed by atoms with E-state index >= 15 is 0 Å². The molecule has 3 saturated heterocycles. The highest BCUT2D eigenvalue weighted by Gasteiger charge is 2.48. The SMILES string of the molecule is CN1CCCC1CCOc1cc(F)c(CCc2nc3nc(O[C@@H]4CO[C@H]5[C@@H]4OC[C@H]5O)[nH]c3cc2Cl)c(F)c1. The molecule has 6 rings (SSSR count). The van der Waals surface area contributed by atoms with E-state index in [1.807, 2.05) is 0 Å². The Labute approximate surface area is 229 Å². The Kier molecular flexibility index (Phi) is 7.60. The van der Waals surface area contributed by atoms with Crippen molar-refractivity contribution < 1.29 is 32.8 Å². The summed E-state index contributed by atoms with van der Waals surface area (Å²) >= 11 is 6.43. The van der Waals surface area contributed by atoms with E-state index in [1.165, 1.54) is 12.1 Å². The molecule has 2 N–H and O–H groups in total. The number of hydrogen-bond acceptors (Lipinski definition) is 8. The Morgan fingerprint density at radius 1 is 1.13 bits per heavy atom. The molecule has 2 aromatic heterocycles. The maximum atomic E-state index is 14.8. The number of nitrogens with zero attached hydrogens (tertiary/aromatic N) is 3. The highest BCUT2D eigenvalue weighted by atomic mass is 35.5. The third-order valence-corrected chi connectivity index (χ3v) is 8.17. The Morgan fingerprint density at radius 3 is 2.69 bits per heavy atom. The second-order valence-corrected chi connectivity index (χ2v) is 10.8. The van der Waals surface area contributed by atoms with Gasteiger partial charge in [0.2, 0.25) is 0 Å². The highest BCUT2D eigenvalue weighted by molar-refractivity contribution is 6.31. The molecule has 3 fully saturated rings. The minimum Gasteiger partial charge on any atom is -0.493 e. The van der Waals surface area contributed by atoms with E-state index in [4.69, 9.17) is 30.5 Å². The number of aromatic amines is 1. The molecule has 0 amide bonds. The summed E-state index contributed by atoms with van der Waals surface area (Å²) < 4.78 is 52.4. The lowest BCUT2D eigenvalue weighted by Crippen LogP contribution is -2.34. The number of fused-ring (bicyclic) bond motifs is 2. The highest BCUT2D eigenvalue weighted by Crippen LogP contribution is 2.31. The molecular formula is C27H31ClF2N4O5. The number of nitrogens with one attached hydrogen (secondary N) is 1. The molecule has 3 aliphatic rings. The number of aromatic nitrogens is 3. The van der Waals surface area contributed by atoms with E-state index in [2.05, 4.69) is 26.9 Å². The van der Waals surface area contributed by atoms with Crippen molar-refractivity contribution in [2.45, 2.75) is 62.6 Å². The van der Waals surface area contributed by atoms with Gasteiger partial charge in [0.05, 0.1) is 36.1 Å². The van der Waals surface area contributed by atoms with Gasteiger partial charge in [-0.25, -0.2) is 13.8 Å². The summed E-state index contributed by atoms with van der Waals surface area (Å²) in [6.07, 6.45) is 1.49. The molecule has 3 aromatic rings. The van der Waals surface area contributed by atoms with Crippen LogP contribution in [0.5, 0.6) is 11.8 Å². The normalized spacial score (nSPS) is 26.9. The summed E-state index contributed by atoms with van der Waals surface area (Å²) in [5, 5.41) is 10.3. The first-order valence-electron chi connectivity index (χ1n) is 13.3. The van der Waals surface area contributed by atoms with Crippen molar-refractivity contribution in [2.24, 2.45) is 0 Å². The number of likely N-dealkylation sites (tertiary alicyclic amines) is 1. The molecule has 9 nitrogen and oxygen atoms in total. The molecule has 0 saturated carbocycles. The van der Waals surface area contributed by atoms with Gasteiger partial charge in [-0.2, -0.15) is 4.98 Å². The number of imidazole rings is 1. The summed E-state index contributed by atoms with van der Waals surface area (Å²) in [5.74, 6) is -1.13. The van der Waals surface area contributed by atoms with E-state index in [0.29, 0.717) is 34.5 Å². The first-order chi connectivity index (χ1) is 18.9. The maximum absolute atomic E-state index is 14.8. The van der Waals surface area contributed by atoms with Gasteiger partial charge in [-0.15, -0.1) is 0 Å². The first-order valence-corrected chi connectivity index (χ1v) is 13.7. The number of ether oxygens (including phenoxy) is 4. The van der Waals surface area contributed by atoms with Crippen LogP contribution < -0.4 is 9.47 Å². The van der Waals surface area contributed by atoms with Gasteiger partial charge in [-0.3, -0.25) is 0 Å². The van der Waals surface area contributed by atoms with E-state index in [0.717, 1.165) is 25.8 Å². The van der Waals surface area contributed by atoms with Crippen LogP contribution in [0.2, 0.25) is 5.02 Å². The predicted octanol–water partition coefficient (Wildman–Crippen LogP) is 3.44. The second kappa shape index (κ2) is 11.1. The molecule has 1 aromatic carbocycles. The quantitative estimate of drug-likeness (QED) is 0.408. The monoisotopic (exact) mass is 564 g/mol. The molecule has 3 aliphatic heterocycles. The van der Waals surface area contributed by atoms with E-state index in [9.17, 15) is 13.9 Å². The summed E-state index contributed by atoms with van der Waals surface area (Å²) in [6, 6.07) is 4.80. The number of benzene rings is 1. The molecule has 39 heavy (non-hydrogen) atoms. The van der Waals surface area contributed by atoms with Crippen LogP contribution >= 0.6 is 11.6 Å². The van der Waals surface area contributed by atoms with Gasteiger partial charge in [0.25, 0.3) is 6.01 Å². The van der Waals surface area contributed by atoms with Gasteiger partial charge in [-0.1, -0.05) is 11.6 Å². The Bertz CT molecular complexity index is 1320. The van der Waals surface area contributed by atoms with Crippen LogP contribution in [0, 0.1) is 11.6 Å². The molecule has 0 spiro atoms. The van der Waals surface area contributed by atoms with Gasteiger partial charge < -0.3 is 33.9 Å². The van der Waals surface area contributed by atoms with Crippen LogP contribution in [-0.2, 0) is 22.3 Å². The standard InChI is InChI=1S/C27H31ClF2N4O5/c1-34-7-2-3-14(34)6-8-36-15-9-18(29)16(19(30)10-15)4-5-20-17(28)11-21-26(31-20)33-27(32-21)39-23-13-38-24-22(35)12-37-25(23)24/h9-11,14,22-25,35H,2-8,12-13H2,1H3,(H,31,32,33)/t14?,22-,23-,24-,25-/m1/s1. The third kappa shape index (κ3) is 5.55. The molecule has 5 heterocycles. The van der Waals surface area contributed by atoms with E-state index in [1.54, 1.807) is 6.07 Å². The number of pyridine rings is 1. The summed E-state index contributed by atoms with van der Waals surface area (Å²) in [5.41, 5.74) is 1.35. The third-order valence-electron chi connectivity index (χ3n) is 7.84. The summed E-state index contributed by atoms with van der Waals surface area (Å²) in [7, 11) is 2.08. The van der Waals surface area contributed by atoms with Crippen molar-refractivity contribution in [2.75, 3.05) is 33.4 Å². The Morgan fingerprint density at radius 2 is 1.92 bits per heavy atom. The molecular weight excluding hydrogens is 534 g/mol. The lowest BCUT2D eigenvalue weighted by atomic mass is 10.1. The number of aliphatic hydroxyl groups is 1. The molecule has 0 bridgehead atoms. The zero-order valence-electron chi connectivity index (χ0n) is 21.5. The number of hydrogen-bond donors (Lipinski definition) is 2.